The number of ether oxygens (including phenoxy) is 3. The van der Waals surface area contributed by atoms with E-state index in [4.69, 9.17) is 72.7 Å². The second-order valence-corrected chi connectivity index (χ2v) is 58.2. The first-order chi connectivity index (χ1) is 57.0. The van der Waals surface area contributed by atoms with Crippen molar-refractivity contribution in [1.82, 2.24) is 63.5 Å². The number of carbonyl (C=O) groups excluding carboxylic acids is 2. The second-order valence-electron chi connectivity index (χ2n) is 34.7. The van der Waals surface area contributed by atoms with Crippen LogP contribution in [0.3, 0.4) is 0 Å². The average Bonchev–Trinajstić information content (AvgIpc) is 1.63. The van der Waals surface area contributed by atoms with E-state index >= 15 is 0 Å². The lowest BCUT2D eigenvalue weighted by Gasteiger charge is -2.34. The van der Waals surface area contributed by atoms with Gasteiger partial charge in [-0.3, -0.25) is 18.7 Å². The van der Waals surface area contributed by atoms with Gasteiger partial charge in [0.2, 0.25) is 7.65 Å². The Hall–Kier alpha value is -2.94. The van der Waals surface area contributed by atoms with E-state index in [0.29, 0.717) is 88.3 Å². The first kappa shape index (κ1) is 95.7. The number of nitrogens with one attached hydrogen (secondary N) is 3. The van der Waals surface area contributed by atoms with Gasteiger partial charge in [0.05, 0.1) is 92.8 Å². The van der Waals surface area contributed by atoms with E-state index in [1.807, 2.05) is 35.8 Å². The topological polar surface area (TPSA) is 266 Å². The number of hydrogen-bond donors (Lipinski definition) is 5. The van der Waals surface area contributed by atoms with Crippen molar-refractivity contribution in [2.75, 3.05) is 83.3 Å². The van der Waals surface area contributed by atoms with E-state index in [1.54, 1.807) is 53.6 Å². The number of halogens is 4. The SMILES string of the molecule is CCN(CC)CC.CC[C@H]1O[C@@H](n2cnc3c(NC(=O)c4ccccc4)ncnc32)C[C@H]1O.CC[C@H]1O[C@@H](n2cnc3c(NC(=O)c4ccccc4)ncnc32)C[C@H]1OP1O[C@H](C[Si]2(C)CCCCC2)[C@@H]2CCCN21.CN1CCOCC1.C[Si]1(C[C@@H](O)[C@@H]2CCCN2)CCCCC1.C[Si]1(C[C@H]2OP(Cl)N3CCC[C@@H]23)CCCCC1.ClP(Cl)Cl. The van der Waals surface area contributed by atoms with E-state index in [0.717, 1.165) is 58.3 Å². The number of rotatable bonds is 20. The molecule has 0 bridgehead atoms. The van der Waals surface area contributed by atoms with Crippen LogP contribution in [0, 0.1) is 0 Å². The van der Waals surface area contributed by atoms with Crippen molar-refractivity contribution in [2.24, 2.45) is 0 Å². The van der Waals surface area contributed by atoms with Gasteiger partial charge in [-0.1, -0.05) is 218 Å². The van der Waals surface area contributed by atoms with Crippen LogP contribution in [0.1, 0.15) is 190 Å². The number of imidazole rings is 2. The minimum Gasteiger partial charge on any atom is -0.392 e. The molecule has 0 radical (unpaired) electrons. The predicted octanol–water partition coefficient (Wildman–Crippen LogP) is 19.8. The lowest BCUT2D eigenvalue weighted by atomic mass is 10.1. The molecule has 35 heteroatoms. The van der Waals surface area contributed by atoms with Crippen LogP contribution in [0.25, 0.3) is 22.3 Å². The molecule has 11 fully saturated rings. The van der Waals surface area contributed by atoms with Crippen molar-refractivity contribution in [3.63, 3.8) is 0 Å². The Morgan fingerprint density at radius 2 is 1.07 bits per heavy atom. The second kappa shape index (κ2) is 47.6. The molecule has 11 saturated heterocycles. The number of anilines is 2. The van der Waals surface area contributed by atoms with E-state index in [1.165, 1.54) is 183 Å². The Morgan fingerprint density at radius 3 is 1.52 bits per heavy atom. The van der Waals surface area contributed by atoms with Crippen LogP contribution in [-0.2, 0) is 27.8 Å². The molecule has 0 spiro atoms. The molecule has 4 aromatic heterocycles. The van der Waals surface area contributed by atoms with Crippen molar-refractivity contribution in [3.8, 4) is 0 Å². The summed E-state index contributed by atoms with van der Waals surface area (Å²) in [6.45, 7) is 29.3. The molecule has 14 atom stereocenters. The third-order valence-corrected chi connectivity index (χ3v) is 43.5. The van der Waals surface area contributed by atoms with Gasteiger partial charge in [0.1, 0.15) is 25.1 Å². The Labute approximate surface area is 727 Å². The number of aliphatic hydroxyl groups excluding tert-OH is 2. The summed E-state index contributed by atoms with van der Waals surface area (Å²) in [6.07, 6.45) is 28.7. The van der Waals surface area contributed by atoms with Gasteiger partial charge in [0, 0.05) is 68.3 Å². The predicted molar refractivity (Wildman–Crippen MR) is 490 cm³/mol. The first-order valence-electron chi connectivity index (χ1n) is 44.1. The lowest BCUT2D eigenvalue weighted by molar-refractivity contribution is -0.0183. The first-order valence-corrected chi connectivity index (χ1v) is 60.7. The molecule has 0 aliphatic carbocycles. The summed E-state index contributed by atoms with van der Waals surface area (Å²) >= 11 is 21.0. The van der Waals surface area contributed by atoms with Gasteiger partial charge in [-0.2, -0.15) is 0 Å². The van der Waals surface area contributed by atoms with Gasteiger partial charge < -0.3 is 63.7 Å². The summed E-state index contributed by atoms with van der Waals surface area (Å²) in [6, 6.07) is 32.2. The number of fused-ring (bicyclic) bond motifs is 4. The summed E-state index contributed by atoms with van der Waals surface area (Å²) < 4.78 is 46.0. The number of aromatic nitrogens is 8. The molecule has 2 amide bonds. The van der Waals surface area contributed by atoms with Crippen LogP contribution in [-0.4, -0.2) is 238 Å². The molecule has 6 aromatic rings. The van der Waals surface area contributed by atoms with Gasteiger partial charge in [-0.05, 0) is 138 Å². The smallest absolute Gasteiger partial charge is 0.259 e. The number of amides is 2. The van der Waals surface area contributed by atoms with Crippen molar-refractivity contribution in [3.05, 3.63) is 97.1 Å². The van der Waals surface area contributed by atoms with Crippen molar-refractivity contribution < 1.29 is 47.6 Å². The van der Waals surface area contributed by atoms with Gasteiger partial charge in [-0.15, -0.1) is 0 Å². The Balaban J connectivity index is 0.000000153. The van der Waals surface area contributed by atoms with Crippen LogP contribution in [0.4, 0.5) is 11.6 Å². The molecule has 17 rings (SSSR count). The largest absolute Gasteiger partial charge is 0.392 e. The molecule has 0 saturated carbocycles. The van der Waals surface area contributed by atoms with Gasteiger partial charge >= 0.3 is 0 Å². The monoisotopic (exact) mass is 1820 g/mol. The third kappa shape index (κ3) is 27.1. The quantitative estimate of drug-likeness (QED) is 0.0351. The van der Waals surface area contributed by atoms with E-state index < -0.39 is 52.5 Å². The number of morpholine rings is 1. The molecule has 2 aromatic carbocycles. The molecular weight excluding hydrogens is 1690 g/mol. The van der Waals surface area contributed by atoms with Crippen LogP contribution < -0.4 is 16.0 Å². The van der Waals surface area contributed by atoms with Crippen LogP contribution >= 0.6 is 67.1 Å². The molecule has 11 aliphatic heterocycles. The fourth-order valence-electron chi connectivity index (χ4n) is 19.0. The maximum atomic E-state index is 12.8. The van der Waals surface area contributed by atoms with Crippen LogP contribution in [0.5, 0.6) is 0 Å². The van der Waals surface area contributed by atoms with Crippen molar-refractivity contribution >= 4 is 137 Å². The maximum absolute atomic E-state index is 12.8. The van der Waals surface area contributed by atoms with Gasteiger partial charge in [0.15, 0.2) is 39.9 Å². The maximum Gasteiger partial charge on any atom is 0.259 e. The molecular formula is C83H134Cl4N15O10P3Si3. The minimum atomic E-state index is -1.23. The van der Waals surface area contributed by atoms with Crippen molar-refractivity contribution in [2.45, 2.75) is 304 Å². The molecule has 15 heterocycles. The number of benzene rings is 2. The Morgan fingerprint density at radius 1 is 0.602 bits per heavy atom. The number of nitrogens with zero attached hydrogens (tertiary/aromatic N) is 12. The highest BCUT2D eigenvalue weighted by Gasteiger charge is 2.52. The highest BCUT2D eigenvalue weighted by molar-refractivity contribution is 8.20. The zero-order valence-corrected chi connectivity index (χ0v) is 80.0. The fraction of sp³-hybridized carbons (Fsp3) is 0.711. The van der Waals surface area contributed by atoms with E-state index in [2.05, 4.69) is 119 Å². The number of carbonyl (C=O) groups is 2. The number of likely N-dealkylation sites (N-methyl/N-ethyl adjacent to an activating group) is 1. The highest BCUT2D eigenvalue weighted by Crippen LogP contribution is 2.61. The zero-order valence-electron chi connectivity index (χ0n) is 71.3. The van der Waals surface area contributed by atoms with E-state index in [-0.39, 0.29) is 48.7 Å². The summed E-state index contributed by atoms with van der Waals surface area (Å²) in [5.41, 5.74) is 3.29. The zero-order chi connectivity index (χ0) is 83.8. The Bertz CT molecular complexity index is 3970. The molecule has 11 aliphatic rings. The lowest BCUT2D eigenvalue weighted by Crippen LogP contribution is -2.43. The molecule has 118 heavy (non-hydrogen) atoms. The number of hydrogen-bond acceptors (Lipinski definition) is 21. The van der Waals surface area contributed by atoms with Gasteiger partial charge in [0.25, 0.3) is 20.3 Å². The summed E-state index contributed by atoms with van der Waals surface area (Å²) in [4.78, 5) is 56.0. The molecule has 5 N–H and O–H groups in total. The Kier molecular flexibility index (Phi) is 38.6. The van der Waals surface area contributed by atoms with E-state index in [9.17, 15) is 19.8 Å². The number of aliphatic hydroxyl groups is 2. The normalized spacial score (nSPS) is 28.6. The van der Waals surface area contributed by atoms with Crippen LogP contribution in [0.15, 0.2) is 86.0 Å². The summed E-state index contributed by atoms with van der Waals surface area (Å²) in [5, 5.41) is 29.4. The summed E-state index contributed by atoms with van der Waals surface area (Å²) in [7, 11) is -3.02. The summed E-state index contributed by atoms with van der Waals surface area (Å²) in [5.74, 6) is -0.981. The third-order valence-electron chi connectivity index (χ3n) is 26.0. The molecule has 2 unspecified atom stereocenters. The fourth-order valence-corrected chi connectivity index (χ4v) is 36.1. The average molecular weight is 1820 g/mol. The standard InChI is InChI=1S/C30H41N6O4PSi.C18H19N5O3.C12H23ClNOPSi.C12H25NOSi.C6H15N.C5H11NO.Cl3P/c1-3-23-24(39-41-36-14-10-13-22(36)25(40-41)18-42(2)15-8-5-9-16-42)17-26(38-23)35-20-33-27-28(31-19-32-29(27)35)34-30(37)21-11-6-4-7-12-21;1-2-13-12(24)8-14(26-13)23-10-21-15-16(19-9-20-17(15)23)22-18(25)11-6-4-3-5-7-11;1-17(8-3-2-4-9-17)10-12-11-6-5-7-14(11)16(13)15-12;1-15(8-3-2-4-9-15)10-12(14)11-6-5-7-13-11;1-4-7(5-2)6-3;1-6-2-4-7-5-3-6;1-4(2)3/h4,6-7,11-12,19-20,22-26H,3,5,8-10,13-18H2,1-2H3,(H,31,32,34,37);3-7,9-10,12-14,24H,2,8H2,1H3,(H,19,20,22,25);11-12H,2-10H2,1H3;11-14H,2-10H2,1H3;4-6H2,1-3H3;2-5H2,1H3;/t22-,23+,24+,25+,26+,41?;12-,13-,14-;11-,12+,16?;11-,12+;;;/m0100.../s1. The van der Waals surface area contributed by atoms with Crippen molar-refractivity contribution in [1.29, 1.82) is 0 Å². The molecule has 656 valence electrons. The van der Waals surface area contributed by atoms with Gasteiger partial charge in [-0.25, -0.2) is 39.2 Å². The molecule has 25 nitrogen and oxygen atoms in total. The van der Waals surface area contributed by atoms with Crippen LogP contribution in [0.2, 0.25) is 74.0 Å². The minimum absolute atomic E-state index is 0.0389. The highest BCUT2D eigenvalue weighted by atomic mass is 36.0.